The fraction of sp³-hybridized carbons (Fsp3) is 0.684. The van der Waals surface area contributed by atoms with Crippen molar-refractivity contribution in [2.24, 2.45) is 5.41 Å². The number of hydrogen-bond donors (Lipinski definition) is 0. The van der Waals surface area contributed by atoms with Gasteiger partial charge >= 0.3 is 0 Å². The van der Waals surface area contributed by atoms with Crippen LogP contribution in [0.15, 0.2) is 35.2 Å². The van der Waals surface area contributed by atoms with Gasteiger partial charge in [0.2, 0.25) is 0 Å². The summed E-state index contributed by atoms with van der Waals surface area (Å²) in [6.07, 6.45) is 1.88. The standard InChI is InChI=1S/C19H32O3SSi/c1-6-24(7-2,8-3)22-18(4,5)19(14-15-19)16-23(20,21)17-12-10-9-11-13-17/h9-13H,6-8,14-16H2,1-5H3. The van der Waals surface area contributed by atoms with Gasteiger partial charge in [0.15, 0.2) is 18.2 Å². The zero-order valence-corrected chi connectivity index (χ0v) is 17.6. The average molecular weight is 369 g/mol. The number of sulfone groups is 1. The molecule has 1 fully saturated rings. The van der Waals surface area contributed by atoms with Gasteiger partial charge in [-0.25, -0.2) is 8.42 Å². The lowest BCUT2D eigenvalue weighted by Gasteiger charge is -2.43. The Bertz CT molecular complexity index is 636. The van der Waals surface area contributed by atoms with E-state index in [1.165, 1.54) is 0 Å². The minimum atomic E-state index is -3.28. The highest BCUT2D eigenvalue weighted by Crippen LogP contribution is 2.58. The molecule has 1 aliphatic rings. The molecule has 1 aromatic rings. The zero-order chi connectivity index (χ0) is 18.1. The Hall–Kier alpha value is -0.653. The highest BCUT2D eigenvalue weighted by atomic mass is 32.2. The van der Waals surface area contributed by atoms with Crippen LogP contribution in [0.2, 0.25) is 18.1 Å². The molecule has 136 valence electrons. The monoisotopic (exact) mass is 368 g/mol. The quantitative estimate of drug-likeness (QED) is 0.573. The summed E-state index contributed by atoms with van der Waals surface area (Å²) in [7, 11) is -5.05. The minimum Gasteiger partial charge on any atom is -0.411 e. The summed E-state index contributed by atoms with van der Waals surface area (Å²) in [6, 6.07) is 12.1. The first-order chi connectivity index (χ1) is 11.2. The highest BCUT2D eigenvalue weighted by molar-refractivity contribution is 7.91. The SMILES string of the molecule is CC[Si](CC)(CC)OC(C)(C)C1(CS(=O)(=O)c2ccccc2)CC1. The molecule has 24 heavy (non-hydrogen) atoms. The molecule has 1 aromatic carbocycles. The Morgan fingerprint density at radius 3 is 1.96 bits per heavy atom. The third-order valence-corrected chi connectivity index (χ3v) is 12.8. The van der Waals surface area contributed by atoms with Crippen LogP contribution in [0.4, 0.5) is 0 Å². The molecule has 1 saturated carbocycles. The molecule has 1 aliphatic carbocycles. The fourth-order valence-electron chi connectivity index (χ4n) is 3.76. The van der Waals surface area contributed by atoms with Crippen molar-refractivity contribution >= 4 is 18.2 Å². The van der Waals surface area contributed by atoms with Crippen LogP contribution in [-0.4, -0.2) is 28.1 Å². The molecule has 0 heterocycles. The van der Waals surface area contributed by atoms with Gasteiger partial charge in [-0.1, -0.05) is 39.0 Å². The molecule has 0 N–H and O–H groups in total. The number of benzene rings is 1. The van der Waals surface area contributed by atoms with Crippen molar-refractivity contribution in [1.29, 1.82) is 0 Å². The molecule has 0 aromatic heterocycles. The van der Waals surface area contributed by atoms with Crippen molar-refractivity contribution in [3.8, 4) is 0 Å². The molecular formula is C19H32O3SSi. The van der Waals surface area contributed by atoms with E-state index >= 15 is 0 Å². The summed E-state index contributed by atoms with van der Waals surface area (Å²) in [5, 5.41) is 0. The van der Waals surface area contributed by atoms with Crippen LogP contribution in [-0.2, 0) is 14.3 Å². The summed E-state index contributed by atoms with van der Waals surface area (Å²) in [6.45, 7) is 10.9. The van der Waals surface area contributed by atoms with Gasteiger partial charge in [0.05, 0.1) is 16.2 Å². The van der Waals surface area contributed by atoms with Gasteiger partial charge in [0, 0.05) is 5.41 Å². The Kier molecular flexibility index (Phi) is 5.68. The third-order valence-electron chi connectivity index (χ3n) is 6.10. The lowest BCUT2D eigenvalue weighted by molar-refractivity contribution is 0.0274. The lowest BCUT2D eigenvalue weighted by atomic mass is 9.89. The molecule has 0 atom stereocenters. The van der Waals surface area contributed by atoms with E-state index in [0.717, 1.165) is 31.0 Å². The van der Waals surface area contributed by atoms with Gasteiger partial charge in [0.25, 0.3) is 0 Å². The maximum atomic E-state index is 12.9. The Morgan fingerprint density at radius 2 is 1.54 bits per heavy atom. The third kappa shape index (κ3) is 3.78. The first kappa shape index (κ1) is 19.7. The van der Waals surface area contributed by atoms with E-state index in [1.807, 2.05) is 6.07 Å². The molecular weight excluding hydrogens is 336 g/mol. The van der Waals surface area contributed by atoms with Crippen molar-refractivity contribution < 1.29 is 12.8 Å². The van der Waals surface area contributed by atoms with Gasteiger partial charge in [-0.2, -0.15) is 0 Å². The molecule has 3 nitrogen and oxygen atoms in total. The minimum absolute atomic E-state index is 0.193. The normalized spacial score (nSPS) is 17.7. The number of rotatable bonds is 9. The fourth-order valence-corrected chi connectivity index (χ4v) is 9.10. The van der Waals surface area contributed by atoms with Crippen molar-refractivity contribution in [3.63, 3.8) is 0 Å². The van der Waals surface area contributed by atoms with Crippen LogP contribution in [0.5, 0.6) is 0 Å². The van der Waals surface area contributed by atoms with Gasteiger partial charge in [-0.15, -0.1) is 0 Å². The van der Waals surface area contributed by atoms with Crippen LogP contribution in [0.1, 0.15) is 47.5 Å². The van der Waals surface area contributed by atoms with E-state index in [4.69, 9.17) is 4.43 Å². The molecule has 5 heteroatoms. The van der Waals surface area contributed by atoms with Gasteiger partial charge in [-0.05, 0) is 57.0 Å². The second-order valence-corrected chi connectivity index (χ2v) is 14.4. The van der Waals surface area contributed by atoms with Gasteiger partial charge in [0.1, 0.15) is 0 Å². The molecule has 0 saturated heterocycles. The summed E-state index contributed by atoms with van der Waals surface area (Å²) in [4.78, 5) is 0.428. The van der Waals surface area contributed by atoms with E-state index in [0.29, 0.717) is 4.90 Å². The first-order valence-corrected chi connectivity index (χ1v) is 13.3. The second kappa shape index (κ2) is 6.93. The smallest absolute Gasteiger partial charge is 0.192 e. The predicted molar refractivity (Wildman–Crippen MR) is 103 cm³/mol. The molecule has 0 radical (unpaired) electrons. The van der Waals surface area contributed by atoms with Gasteiger partial charge < -0.3 is 4.43 Å². The summed E-state index contributed by atoms with van der Waals surface area (Å²) in [5.41, 5.74) is -0.622. The molecule has 0 aliphatic heterocycles. The topological polar surface area (TPSA) is 43.4 Å². The lowest BCUT2D eigenvalue weighted by Crippen LogP contribution is -2.50. The van der Waals surface area contributed by atoms with Crippen LogP contribution >= 0.6 is 0 Å². The maximum Gasteiger partial charge on any atom is 0.192 e. The summed E-state index contributed by atoms with van der Waals surface area (Å²) >= 11 is 0. The predicted octanol–water partition coefficient (Wildman–Crippen LogP) is 5.04. The van der Waals surface area contributed by atoms with E-state index in [9.17, 15) is 8.42 Å². The second-order valence-electron chi connectivity index (χ2n) is 7.71. The highest BCUT2D eigenvalue weighted by Gasteiger charge is 2.59. The van der Waals surface area contributed by atoms with Crippen LogP contribution < -0.4 is 0 Å². The summed E-state index contributed by atoms with van der Waals surface area (Å²) in [5.74, 6) is 0.193. The van der Waals surface area contributed by atoms with Crippen molar-refractivity contribution in [1.82, 2.24) is 0 Å². The molecule has 2 rings (SSSR count). The van der Waals surface area contributed by atoms with Crippen LogP contribution in [0, 0.1) is 5.41 Å². The van der Waals surface area contributed by atoms with E-state index in [2.05, 4.69) is 34.6 Å². The van der Waals surface area contributed by atoms with Crippen molar-refractivity contribution in [2.45, 2.75) is 76.1 Å². The average Bonchev–Trinajstić information content (AvgIpc) is 3.34. The molecule has 0 unspecified atom stereocenters. The zero-order valence-electron chi connectivity index (χ0n) is 15.8. The molecule has 0 bridgehead atoms. The van der Waals surface area contributed by atoms with E-state index < -0.39 is 18.2 Å². The Morgan fingerprint density at radius 1 is 1.04 bits per heavy atom. The van der Waals surface area contributed by atoms with E-state index in [-0.39, 0.29) is 16.8 Å². The van der Waals surface area contributed by atoms with E-state index in [1.54, 1.807) is 24.3 Å². The molecule has 0 amide bonds. The van der Waals surface area contributed by atoms with Crippen molar-refractivity contribution in [2.75, 3.05) is 5.75 Å². The maximum absolute atomic E-state index is 12.9. The van der Waals surface area contributed by atoms with Crippen LogP contribution in [0.3, 0.4) is 0 Å². The van der Waals surface area contributed by atoms with Gasteiger partial charge in [-0.3, -0.25) is 0 Å². The van der Waals surface area contributed by atoms with Crippen molar-refractivity contribution in [3.05, 3.63) is 30.3 Å². The largest absolute Gasteiger partial charge is 0.411 e. The Balaban J connectivity index is 2.24. The summed E-state index contributed by atoms with van der Waals surface area (Å²) < 4.78 is 32.5. The van der Waals surface area contributed by atoms with Crippen LogP contribution in [0.25, 0.3) is 0 Å². The Labute approximate surface area is 148 Å². The first-order valence-electron chi connectivity index (χ1n) is 9.14. The number of hydrogen-bond acceptors (Lipinski definition) is 3. The molecule has 0 spiro atoms.